The van der Waals surface area contributed by atoms with Crippen LogP contribution in [0.2, 0.25) is 0 Å². The smallest absolute Gasteiger partial charge is 0.320 e. The van der Waals surface area contributed by atoms with Gasteiger partial charge in [-0.15, -0.1) is 0 Å². The topological polar surface area (TPSA) is 86.6 Å². The Bertz CT molecular complexity index is 456. The normalized spacial score (nSPS) is 12.0. The first kappa shape index (κ1) is 17.2. The van der Waals surface area contributed by atoms with E-state index in [0.29, 0.717) is 12.8 Å². The van der Waals surface area contributed by atoms with Crippen molar-refractivity contribution in [3.8, 4) is 0 Å². The van der Waals surface area contributed by atoms with Crippen LogP contribution in [0.3, 0.4) is 0 Å². The van der Waals surface area contributed by atoms with Crippen molar-refractivity contribution in [3.05, 3.63) is 35.4 Å². The summed E-state index contributed by atoms with van der Waals surface area (Å²) in [6, 6.07) is 7.50. The van der Waals surface area contributed by atoms with E-state index in [9.17, 15) is 9.59 Å². The fourth-order valence-corrected chi connectivity index (χ4v) is 2.14. The Balaban J connectivity index is 2.44. The van der Waals surface area contributed by atoms with Crippen LogP contribution in [0, 0.1) is 0 Å². The Labute approximate surface area is 125 Å². The van der Waals surface area contributed by atoms with Gasteiger partial charge < -0.3 is 15.5 Å². The number of hydrogen-bond acceptors (Lipinski definition) is 3. The van der Waals surface area contributed by atoms with Crippen molar-refractivity contribution in [2.24, 2.45) is 0 Å². The second kappa shape index (κ2) is 9.13. The Morgan fingerprint density at radius 1 is 1.10 bits per heavy atom. The standard InChI is InChI=1S/C16H23NO4/c1-2-3-12-4-6-13(7-5-12)8-9-14(16(20)21)17-11-10-15(18)19/h4-7,14,17H,2-3,8-11H2,1H3,(H,18,19)(H,20,21)/t14-/m1/s1. The molecule has 3 N–H and O–H groups in total. The zero-order chi connectivity index (χ0) is 15.7. The monoisotopic (exact) mass is 293 g/mol. The van der Waals surface area contributed by atoms with Crippen molar-refractivity contribution < 1.29 is 19.8 Å². The van der Waals surface area contributed by atoms with E-state index in [4.69, 9.17) is 10.2 Å². The van der Waals surface area contributed by atoms with Crippen LogP contribution < -0.4 is 5.32 Å². The zero-order valence-electron chi connectivity index (χ0n) is 12.3. The summed E-state index contributed by atoms with van der Waals surface area (Å²) in [7, 11) is 0. The van der Waals surface area contributed by atoms with E-state index in [1.165, 1.54) is 5.56 Å². The van der Waals surface area contributed by atoms with E-state index in [0.717, 1.165) is 18.4 Å². The molecule has 0 spiro atoms. The number of hydrogen-bond donors (Lipinski definition) is 3. The Kier molecular flexibility index (Phi) is 7.46. The lowest BCUT2D eigenvalue weighted by atomic mass is 10.0. The van der Waals surface area contributed by atoms with Gasteiger partial charge in [-0.1, -0.05) is 37.6 Å². The number of aliphatic carboxylic acids is 2. The van der Waals surface area contributed by atoms with E-state index in [1.807, 2.05) is 12.1 Å². The van der Waals surface area contributed by atoms with Crippen LogP contribution in [-0.2, 0) is 22.4 Å². The zero-order valence-corrected chi connectivity index (χ0v) is 12.3. The molecule has 5 heteroatoms. The number of benzene rings is 1. The Hall–Kier alpha value is -1.88. The molecule has 5 nitrogen and oxygen atoms in total. The van der Waals surface area contributed by atoms with Crippen molar-refractivity contribution in [2.45, 2.75) is 45.1 Å². The van der Waals surface area contributed by atoms with Crippen LogP contribution in [0.15, 0.2) is 24.3 Å². The molecule has 1 aromatic carbocycles. The first-order valence-corrected chi connectivity index (χ1v) is 7.28. The molecule has 0 radical (unpaired) electrons. The SMILES string of the molecule is CCCc1ccc(CC[C@@H](NCCC(=O)O)C(=O)O)cc1. The molecule has 1 rings (SSSR count). The highest BCUT2D eigenvalue weighted by atomic mass is 16.4. The van der Waals surface area contributed by atoms with Crippen LogP contribution in [0.5, 0.6) is 0 Å². The van der Waals surface area contributed by atoms with Gasteiger partial charge in [0, 0.05) is 6.54 Å². The number of aryl methyl sites for hydroxylation is 2. The van der Waals surface area contributed by atoms with Crippen molar-refractivity contribution in [1.82, 2.24) is 5.32 Å². The number of nitrogens with one attached hydrogen (secondary N) is 1. The third kappa shape index (κ3) is 6.90. The van der Waals surface area contributed by atoms with Crippen molar-refractivity contribution in [1.29, 1.82) is 0 Å². The van der Waals surface area contributed by atoms with E-state index < -0.39 is 18.0 Å². The van der Waals surface area contributed by atoms with Crippen molar-refractivity contribution in [2.75, 3.05) is 6.54 Å². The first-order chi connectivity index (χ1) is 10.0. The van der Waals surface area contributed by atoms with Crippen LogP contribution in [0.1, 0.15) is 37.3 Å². The van der Waals surface area contributed by atoms with Gasteiger partial charge >= 0.3 is 11.9 Å². The molecule has 1 atom stereocenters. The number of carboxylic acid groups (broad SMARTS) is 2. The quantitative estimate of drug-likeness (QED) is 0.615. The molecule has 1 aromatic rings. The summed E-state index contributed by atoms with van der Waals surface area (Å²) in [6.07, 6.45) is 3.18. The van der Waals surface area contributed by atoms with Gasteiger partial charge in [0.1, 0.15) is 6.04 Å². The maximum atomic E-state index is 11.1. The molecule has 0 amide bonds. The minimum atomic E-state index is -0.942. The fourth-order valence-electron chi connectivity index (χ4n) is 2.14. The third-order valence-corrected chi connectivity index (χ3v) is 3.31. The molecule has 0 unspecified atom stereocenters. The molecular formula is C16H23NO4. The van der Waals surface area contributed by atoms with Gasteiger partial charge in [0.25, 0.3) is 0 Å². The summed E-state index contributed by atoms with van der Waals surface area (Å²) in [5, 5.41) is 20.4. The summed E-state index contributed by atoms with van der Waals surface area (Å²) in [5.74, 6) is -1.87. The van der Waals surface area contributed by atoms with Gasteiger partial charge in [0.15, 0.2) is 0 Å². The number of rotatable bonds is 10. The average Bonchev–Trinajstić information content (AvgIpc) is 2.44. The maximum absolute atomic E-state index is 11.1. The van der Waals surface area contributed by atoms with Gasteiger partial charge in [0.2, 0.25) is 0 Å². The summed E-state index contributed by atoms with van der Waals surface area (Å²) in [4.78, 5) is 21.6. The molecule has 0 aliphatic heterocycles. The van der Waals surface area contributed by atoms with Crippen LogP contribution >= 0.6 is 0 Å². The maximum Gasteiger partial charge on any atom is 0.320 e. The molecular weight excluding hydrogens is 270 g/mol. The molecule has 0 aliphatic carbocycles. The summed E-state index contributed by atoms with van der Waals surface area (Å²) in [6.45, 7) is 2.30. The van der Waals surface area contributed by atoms with Crippen molar-refractivity contribution in [3.63, 3.8) is 0 Å². The van der Waals surface area contributed by atoms with Gasteiger partial charge in [-0.05, 0) is 30.4 Å². The third-order valence-electron chi connectivity index (χ3n) is 3.31. The van der Waals surface area contributed by atoms with Crippen LogP contribution in [-0.4, -0.2) is 34.7 Å². The van der Waals surface area contributed by atoms with Crippen LogP contribution in [0.4, 0.5) is 0 Å². The number of carboxylic acids is 2. The van der Waals surface area contributed by atoms with Gasteiger partial charge in [-0.25, -0.2) is 0 Å². The Morgan fingerprint density at radius 2 is 1.67 bits per heavy atom. The lowest BCUT2D eigenvalue weighted by Crippen LogP contribution is -2.38. The van der Waals surface area contributed by atoms with Crippen molar-refractivity contribution >= 4 is 11.9 Å². The van der Waals surface area contributed by atoms with E-state index in [1.54, 1.807) is 0 Å². The van der Waals surface area contributed by atoms with E-state index in [-0.39, 0.29) is 13.0 Å². The van der Waals surface area contributed by atoms with Gasteiger partial charge in [-0.3, -0.25) is 9.59 Å². The molecule has 0 saturated carbocycles. The van der Waals surface area contributed by atoms with Gasteiger partial charge in [0.05, 0.1) is 6.42 Å². The molecule has 21 heavy (non-hydrogen) atoms. The average molecular weight is 293 g/mol. The summed E-state index contributed by atoms with van der Waals surface area (Å²) in [5.41, 5.74) is 2.39. The molecule has 0 saturated heterocycles. The fraction of sp³-hybridized carbons (Fsp3) is 0.500. The summed E-state index contributed by atoms with van der Waals surface area (Å²) < 4.78 is 0. The minimum absolute atomic E-state index is 0.0739. The van der Waals surface area contributed by atoms with Gasteiger partial charge in [-0.2, -0.15) is 0 Å². The summed E-state index contributed by atoms with van der Waals surface area (Å²) >= 11 is 0. The lowest BCUT2D eigenvalue weighted by Gasteiger charge is -2.13. The second-order valence-electron chi connectivity index (χ2n) is 5.09. The molecule has 0 fully saturated rings. The molecule has 0 aromatic heterocycles. The van der Waals surface area contributed by atoms with Crippen LogP contribution in [0.25, 0.3) is 0 Å². The van der Waals surface area contributed by atoms with E-state index in [2.05, 4.69) is 24.4 Å². The first-order valence-electron chi connectivity index (χ1n) is 7.28. The molecule has 0 aliphatic rings. The largest absolute Gasteiger partial charge is 0.481 e. The molecule has 0 bridgehead atoms. The second-order valence-corrected chi connectivity index (χ2v) is 5.09. The predicted octanol–water partition coefficient (Wildman–Crippen LogP) is 2.09. The highest BCUT2D eigenvalue weighted by Gasteiger charge is 2.16. The molecule has 0 heterocycles. The predicted molar refractivity (Wildman–Crippen MR) is 80.4 cm³/mol. The lowest BCUT2D eigenvalue weighted by molar-refractivity contribution is -0.141. The highest BCUT2D eigenvalue weighted by molar-refractivity contribution is 5.73. The number of carbonyl (C=O) groups is 2. The Morgan fingerprint density at radius 3 is 2.14 bits per heavy atom. The molecule has 116 valence electrons. The van der Waals surface area contributed by atoms with E-state index >= 15 is 0 Å². The highest BCUT2D eigenvalue weighted by Crippen LogP contribution is 2.10. The minimum Gasteiger partial charge on any atom is -0.481 e.